The summed E-state index contributed by atoms with van der Waals surface area (Å²) in [6.45, 7) is 2.26. The number of hydrogen-bond acceptors (Lipinski definition) is 0. The van der Waals surface area contributed by atoms with Crippen LogP contribution in [0.15, 0.2) is 23.8 Å². The molecule has 0 fully saturated rings. The second kappa shape index (κ2) is 2.82. The van der Waals surface area contributed by atoms with E-state index in [0.29, 0.717) is 0 Å². The lowest BCUT2D eigenvalue weighted by molar-refractivity contribution is -0.712. The van der Waals surface area contributed by atoms with Gasteiger partial charge >= 0.3 is 0 Å². The van der Waals surface area contributed by atoms with E-state index in [4.69, 9.17) is 0 Å². The number of fused-ring (bicyclic) bond motifs is 2. The van der Waals surface area contributed by atoms with Crippen LogP contribution in [0.4, 0.5) is 0 Å². The topological polar surface area (TPSA) is 16.6 Å². The second-order valence-electron chi connectivity index (χ2n) is 3.78. The van der Waals surface area contributed by atoms with Gasteiger partial charge < -0.3 is 5.32 Å². The molecule has 0 aromatic rings. The predicted molar refractivity (Wildman–Crippen MR) is 46.2 cm³/mol. The van der Waals surface area contributed by atoms with E-state index in [1.54, 1.807) is 5.57 Å². The maximum absolute atomic E-state index is 2.52. The molecule has 0 aliphatic carbocycles. The highest BCUT2D eigenvalue weighted by Gasteiger charge is 2.23. The molecule has 2 heterocycles. The van der Waals surface area contributed by atoms with Crippen molar-refractivity contribution in [1.29, 1.82) is 0 Å². The fourth-order valence-electron chi connectivity index (χ4n) is 2.15. The fraction of sp³-hybridized carbons (Fsp3) is 0.600. The summed E-state index contributed by atoms with van der Waals surface area (Å²) in [6, 6.07) is 1.58. The molecule has 2 atom stereocenters. The lowest BCUT2D eigenvalue weighted by Gasteiger charge is -2.22. The van der Waals surface area contributed by atoms with Crippen LogP contribution in [0.3, 0.4) is 0 Å². The quantitative estimate of drug-likeness (QED) is 0.496. The van der Waals surface area contributed by atoms with Crippen LogP contribution >= 0.6 is 0 Å². The zero-order valence-electron chi connectivity index (χ0n) is 7.09. The van der Waals surface area contributed by atoms with Crippen molar-refractivity contribution >= 4 is 0 Å². The Hall–Kier alpha value is -0.560. The number of hydrogen-bond donors (Lipinski definition) is 1. The average Bonchev–Trinajstić information content (AvgIpc) is 2.11. The first-order valence-corrected chi connectivity index (χ1v) is 4.52. The lowest BCUT2D eigenvalue weighted by atomic mass is 9.98. The summed E-state index contributed by atoms with van der Waals surface area (Å²) in [5.41, 5.74) is 1.59. The molecule has 0 radical (unpaired) electrons. The summed E-state index contributed by atoms with van der Waals surface area (Å²) in [6.07, 6.45) is 10.9. The first kappa shape index (κ1) is 7.11. The van der Waals surface area contributed by atoms with Gasteiger partial charge in [-0.2, -0.15) is 0 Å². The van der Waals surface area contributed by atoms with E-state index in [-0.39, 0.29) is 0 Å². The molecule has 0 saturated carbocycles. The highest BCUT2D eigenvalue weighted by molar-refractivity contribution is 5.09. The van der Waals surface area contributed by atoms with Crippen LogP contribution in [0.25, 0.3) is 0 Å². The zero-order valence-corrected chi connectivity index (χ0v) is 7.09. The van der Waals surface area contributed by atoms with Gasteiger partial charge in [-0.25, -0.2) is 0 Å². The lowest BCUT2D eigenvalue weighted by Crippen LogP contribution is -2.95. The summed E-state index contributed by atoms with van der Waals surface area (Å²) in [4.78, 5) is 0. The molecule has 2 aliphatic rings. The van der Waals surface area contributed by atoms with Crippen LogP contribution < -0.4 is 5.32 Å². The molecule has 2 N–H and O–H groups in total. The van der Waals surface area contributed by atoms with Crippen molar-refractivity contribution < 1.29 is 5.32 Å². The minimum absolute atomic E-state index is 0.743. The molecule has 0 aromatic heterocycles. The molecule has 0 saturated heterocycles. The molecule has 1 nitrogen and oxygen atoms in total. The Morgan fingerprint density at radius 2 is 2.18 bits per heavy atom. The van der Waals surface area contributed by atoms with Crippen molar-refractivity contribution in [3.05, 3.63) is 23.8 Å². The van der Waals surface area contributed by atoms with Gasteiger partial charge in [-0.3, -0.25) is 0 Å². The third-order valence-corrected chi connectivity index (χ3v) is 2.62. The Morgan fingerprint density at radius 1 is 1.36 bits per heavy atom. The first-order chi connectivity index (χ1) is 5.34. The third kappa shape index (κ3) is 1.54. The summed E-state index contributed by atoms with van der Waals surface area (Å²) >= 11 is 0. The van der Waals surface area contributed by atoms with Crippen molar-refractivity contribution in [3.63, 3.8) is 0 Å². The maximum atomic E-state index is 2.52. The van der Waals surface area contributed by atoms with Crippen LogP contribution in [0.1, 0.15) is 26.2 Å². The molecule has 11 heavy (non-hydrogen) atoms. The van der Waals surface area contributed by atoms with E-state index in [1.807, 2.05) is 0 Å². The van der Waals surface area contributed by atoms with Gasteiger partial charge in [0.25, 0.3) is 0 Å². The van der Waals surface area contributed by atoms with E-state index >= 15 is 0 Å². The normalized spacial score (nSPS) is 36.3. The van der Waals surface area contributed by atoms with Gasteiger partial charge in [-0.1, -0.05) is 17.7 Å². The van der Waals surface area contributed by atoms with Gasteiger partial charge in [0.15, 0.2) is 0 Å². The summed E-state index contributed by atoms with van der Waals surface area (Å²) in [5.74, 6) is 0. The standard InChI is InChI=1S/C10H15N/c1-8-6-9-4-2-3-5-10(7-8)11-9/h2-3,6,9-11H,4-5,7H2,1H3/p+1/t9-,10-/m0/s1. The minimum atomic E-state index is 0.743. The van der Waals surface area contributed by atoms with Crippen molar-refractivity contribution in [2.75, 3.05) is 0 Å². The van der Waals surface area contributed by atoms with Crippen molar-refractivity contribution in [2.45, 2.75) is 38.3 Å². The van der Waals surface area contributed by atoms with E-state index in [1.165, 1.54) is 19.3 Å². The monoisotopic (exact) mass is 150 g/mol. The fourth-order valence-corrected chi connectivity index (χ4v) is 2.15. The molecule has 0 amide bonds. The largest absolute Gasteiger partial charge is 0.337 e. The molecule has 0 aromatic carbocycles. The average molecular weight is 150 g/mol. The Bertz CT molecular complexity index is 203. The van der Waals surface area contributed by atoms with Gasteiger partial charge in [0.2, 0.25) is 0 Å². The number of quaternary nitrogens is 1. The number of rotatable bonds is 0. The van der Waals surface area contributed by atoms with Crippen LogP contribution in [-0.2, 0) is 0 Å². The highest BCUT2D eigenvalue weighted by Crippen LogP contribution is 2.14. The molecule has 1 heteroatoms. The highest BCUT2D eigenvalue weighted by atomic mass is 15.0. The van der Waals surface area contributed by atoms with Gasteiger partial charge in [0.05, 0.1) is 6.04 Å². The van der Waals surface area contributed by atoms with E-state index in [9.17, 15) is 0 Å². The molecule has 2 aliphatic heterocycles. The predicted octanol–water partition coefficient (Wildman–Crippen LogP) is 0.987. The van der Waals surface area contributed by atoms with Crippen LogP contribution in [-0.4, -0.2) is 12.1 Å². The molecule has 60 valence electrons. The minimum Gasteiger partial charge on any atom is -0.337 e. The van der Waals surface area contributed by atoms with E-state index in [0.717, 1.165) is 12.1 Å². The van der Waals surface area contributed by atoms with Gasteiger partial charge in [0.1, 0.15) is 6.04 Å². The van der Waals surface area contributed by atoms with Gasteiger partial charge in [-0.15, -0.1) is 0 Å². The van der Waals surface area contributed by atoms with Crippen molar-refractivity contribution in [3.8, 4) is 0 Å². The molecular formula is C10H16N+. The second-order valence-corrected chi connectivity index (χ2v) is 3.78. The van der Waals surface area contributed by atoms with Gasteiger partial charge in [-0.05, 0) is 13.0 Å². The zero-order chi connectivity index (χ0) is 7.68. The number of nitrogens with two attached hydrogens (primary N) is 1. The van der Waals surface area contributed by atoms with Gasteiger partial charge in [0, 0.05) is 19.3 Å². The van der Waals surface area contributed by atoms with Crippen molar-refractivity contribution in [2.24, 2.45) is 0 Å². The van der Waals surface area contributed by atoms with Crippen molar-refractivity contribution in [1.82, 2.24) is 0 Å². The SMILES string of the molecule is CC1=C[C@@H]2CC=CC[C@@H](C1)[NH2+]2. The van der Waals surface area contributed by atoms with E-state index < -0.39 is 0 Å². The third-order valence-electron chi connectivity index (χ3n) is 2.62. The first-order valence-electron chi connectivity index (χ1n) is 4.52. The molecule has 2 rings (SSSR count). The maximum Gasteiger partial charge on any atom is 0.108 e. The molecule has 0 spiro atoms. The molecule has 0 unspecified atom stereocenters. The molecule has 2 bridgehead atoms. The summed E-state index contributed by atoms with van der Waals surface area (Å²) in [5, 5.41) is 2.52. The van der Waals surface area contributed by atoms with Crippen LogP contribution in [0.5, 0.6) is 0 Å². The summed E-state index contributed by atoms with van der Waals surface area (Å²) < 4.78 is 0. The Balaban J connectivity index is 2.17. The Kier molecular flexibility index (Phi) is 1.82. The Morgan fingerprint density at radius 3 is 3.09 bits per heavy atom. The smallest absolute Gasteiger partial charge is 0.108 e. The van der Waals surface area contributed by atoms with E-state index in [2.05, 4.69) is 30.5 Å². The Labute approximate surface area is 68.2 Å². The van der Waals surface area contributed by atoms with Crippen LogP contribution in [0, 0.1) is 0 Å². The summed E-state index contributed by atoms with van der Waals surface area (Å²) in [7, 11) is 0. The molecular weight excluding hydrogens is 134 g/mol. The van der Waals surface area contributed by atoms with Crippen LogP contribution in [0.2, 0.25) is 0 Å².